The Morgan fingerprint density at radius 3 is 2.49 bits per heavy atom. The summed E-state index contributed by atoms with van der Waals surface area (Å²) < 4.78 is 36.0. The Hall–Kier alpha value is -5.62. The number of rotatable bonds is 14. The van der Waals surface area contributed by atoms with Gasteiger partial charge in [-0.25, -0.2) is 23.1 Å². The summed E-state index contributed by atoms with van der Waals surface area (Å²) in [4.78, 5) is 44.2. The van der Waals surface area contributed by atoms with Crippen LogP contribution in [0.25, 0.3) is 11.0 Å². The lowest BCUT2D eigenvalue weighted by Crippen LogP contribution is -2.60. The number of piperidine rings is 1. The number of piperazine rings is 1. The molecule has 2 aliphatic heterocycles. The van der Waals surface area contributed by atoms with Crippen LogP contribution in [0.15, 0.2) is 84.1 Å². The second-order valence-corrected chi connectivity index (χ2v) is 21.6. The minimum Gasteiger partial charge on any atom is -0.455 e. The number of hydrogen-bond donors (Lipinski definition) is 4. The molecule has 1 spiro atoms. The Balaban J connectivity index is 0.899. The third kappa shape index (κ3) is 10.0. The molecule has 4 aliphatic rings. The van der Waals surface area contributed by atoms with Crippen molar-refractivity contribution in [2.75, 3.05) is 56.0 Å². The van der Waals surface area contributed by atoms with E-state index >= 15 is 0 Å². The molecule has 2 aliphatic carbocycles. The van der Waals surface area contributed by atoms with E-state index in [4.69, 9.17) is 4.74 Å². The number of H-pyrrole nitrogens is 1. The number of ether oxygens (including phenoxy) is 1. The van der Waals surface area contributed by atoms with Crippen molar-refractivity contribution >= 4 is 44.2 Å². The van der Waals surface area contributed by atoms with E-state index in [1.807, 2.05) is 12.1 Å². The average molecular weight is 934 g/mol. The van der Waals surface area contributed by atoms with Crippen molar-refractivity contribution < 1.29 is 28.0 Å². The van der Waals surface area contributed by atoms with Crippen LogP contribution in [0.2, 0.25) is 0 Å². The van der Waals surface area contributed by atoms with Crippen LogP contribution in [0, 0.1) is 21.4 Å². The molecular weight excluding hydrogens is 871 g/mol. The normalized spacial score (nSPS) is 22.7. The Morgan fingerprint density at radius 2 is 1.76 bits per heavy atom. The highest BCUT2D eigenvalue weighted by Crippen LogP contribution is 2.53. The van der Waals surface area contributed by atoms with E-state index in [1.165, 1.54) is 30.2 Å². The number of amides is 1. The molecule has 1 atom stereocenters. The SMILES string of the molecule is CCN1CCN(C2CC3(CCN(c4ccc(C(=O)NS(=O)(=O)c5cnc(NCC6CCC(C)(O)CC6)c([N+](=O)[O-])c5)c(Oc5cnc6[nH]ccc6c5)c4)CC3)C2)[C@@H](c2ccccc2C(C)C)C1. The smallest absolute Gasteiger partial charge is 0.312 e. The number of aliphatic hydroxyl groups is 1. The van der Waals surface area contributed by atoms with Crippen LogP contribution in [0.1, 0.15) is 113 Å². The number of carbonyl (C=O) groups excluding carboxylic acids is 1. The first kappa shape index (κ1) is 46.5. The Kier molecular flexibility index (Phi) is 13.1. The average Bonchev–Trinajstić information content (AvgIpc) is 3.78. The van der Waals surface area contributed by atoms with Gasteiger partial charge in [-0.1, -0.05) is 45.0 Å². The van der Waals surface area contributed by atoms with Gasteiger partial charge in [0.05, 0.1) is 28.5 Å². The number of likely N-dealkylation sites (N-methyl/N-ethyl adjacent to an activating group) is 1. The molecule has 2 aromatic carbocycles. The molecular formula is C50H63N9O7S. The molecule has 5 aromatic rings. The van der Waals surface area contributed by atoms with Crippen molar-refractivity contribution in [3.05, 3.63) is 106 Å². The molecule has 16 nitrogen and oxygen atoms in total. The molecule has 356 valence electrons. The lowest BCUT2D eigenvalue weighted by molar-refractivity contribution is -0.384. The van der Waals surface area contributed by atoms with Crippen LogP contribution >= 0.6 is 0 Å². The van der Waals surface area contributed by atoms with Gasteiger partial charge < -0.3 is 29.9 Å². The van der Waals surface area contributed by atoms with Gasteiger partial charge >= 0.3 is 5.69 Å². The number of anilines is 2. The molecule has 4 N–H and O–H groups in total. The summed E-state index contributed by atoms with van der Waals surface area (Å²) >= 11 is 0. The van der Waals surface area contributed by atoms with E-state index in [2.05, 4.69) is 84.7 Å². The molecule has 2 saturated heterocycles. The molecule has 5 heterocycles. The molecule has 17 heteroatoms. The molecule has 3 aromatic heterocycles. The third-order valence-electron chi connectivity index (χ3n) is 15.1. The van der Waals surface area contributed by atoms with Gasteiger partial charge in [0.15, 0.2) is 0 Å². The summed E-state index contributed by atoms with van der Waals surface area (Å²) in [6.07, 6.45) is 11.4. The standard InChI is InChI=1S/C50H63N9O7S/c1-5-56-22-23-58(44(32-56)41-9-7-6-8-40(41)33(2)3)37-27-50(28-37)17-20-57(21-18-50)36-10-11-42(45(25-36)66-38-24-35-14-19-51-46(35)53-30-38)48(60)55-67(64,65)39-26-43(59(62)63)47(54-31-39)52-29-34-12-15-49(4,61)16-13-34/h6-11,14,19,24-26,30-31,33-34,37,44,61H,5,12-13,15-18,20-23,27-29,32H2,1-4H3,(H,51,53)(H,52,54)(H,55,60)/t34?,44-,49?/m1/s1. The molecule has 2 saturated carbocycles. The van der Waals surface area contributed by atoms with Crippen molar-refractivity contribution in [2.24, 2.45) is 11.3 Å². The largest absolute Gasteiger partial charge is 0.455 e. The zero-order valence-corrected chi connectivity index (χ0v) is 39.7. The number of nitrogens with one attached hydrogen (secondary N) is 3. The van der Waals surface area contributed by atoms with Gasteiger partial charge in [-0.15, -0.1) is 0 Å². The number of nitro groups is 1. The van der Waals surface area contributed by atoms with E-state index in [1.54, 1.807) is 31.3 Å². The highest BCUT2D eigenvalue weighted by Gasteiger charge is 2.50. The van der Waals surface area contributed by atoms with Gasteiger partial charge in [-0.05, 0) is 117 Å². The number of nitrogens with zero attached hydrogens (tertiary/aromatic N) is 6. The maximum atomic E-state index is 14.0. The number of benzene rings is 2. The quantitative estimate of drug-likeness (QED) is 0.0612. The van der Waals surface area contributed by atoms with Crippen LogP contribution in [-0.2, 0) is 10.0 Å². The fourth-order valence-electron chi connectivity index (χ4n) is 10.9. The van der Waals surface area contributed by atoms with Gasteiger partial charge in [0.1, 0.15) is 22.0 Å². The molecule has 9 rings (SSSR count). The second kappa shape index (κ2) is 18.8. The van der Waals surface area contributed by atoms with Gasteiger partial charge in [-0.2, -0.15) is 0 Å². The third-order valence-corrected chi connectivity index (χ3v) is 16.4. The van der Waals surface area contributed by atoms with Crippen LogP contribution in [0.3, 0.4) is 0 Å². The van der Waals surface area contributed by atoms with Gasteiger partial charge in [0.2, 0.25) is 5.82 Å². The monoisotopic (exact) mass is 933 g/mol. The van der Waals surface area contributed by atoms with Crippen LogP contribution in [0.4, 0.5) is 17.2 Å². The Morgan fingerprint density at radius 1 is 1.00 bits per heavy atom. The van der Waals surface area contributed by atoms with Crippen molar-refractivity contribution in [3.63, 3.8) is 0 Å². The number of hydrogen-bond acceptors (Lipinski definition) is 13. The number of fused-ring (bicyclic) bond motifs is 1. The van der Waals surface area contributed by atoms with Crippen molar-refractivity contribution in [2.45, 2.75) is 108 Å². The highest BCUT2D eigenvalue weighted by molar-refractivity contribution is 7.90. The second-order valence-electron chi connectivity index (χ2n) is 19.9. The number of sulfonamides is 1. The van der Waals surface area contributed by atoms with Crippen molar-refractivity contribution in [3.8, 4) is 11.5 Å². The summed E-state index contributed by atoms with van der Waals surface area (Å²) in [5, 5.41) is 26.3. The minimum atomic E-state index is -4.63. The van der Waals surface area contributed by atoms with E-state index in [0.717, 1.165) is 88.3 Å². The van der Waals surface area contributed by atoms with Crippen LogP contribution in [-0.4, -0.2) is 107 Å². The first-order chi connectivity index (χ1) is 32.1. The fraction of sp³-hybridized carbons (Fsp3) is 0.500. The summed E-state index contributed by atoms with van der Waals surface area (Å²) in [7, 11) is -4.63. The maximum Gasteiger partial charge on any atom is 0.312 e. The van der Waals surface area contributed by atoms with Gasteiger partial charge in [-0.3, -0.25) is 19.8 Å². The first-order valence-corrected chi connectivity index (χ1v) is 25.3. The number of pyridine rings is 2. The molecule has 1 amide bonds. The number of aromatic amines is 1. The van der Waals surface area contributed by atoms with E-state index < -0.39 is 37.0 Å². The van der Waals surface area contributed by atoms with E-state index in [0.29, 0.717) is 48.8 Å². The summed E-state index contributed by atoms with van der Waals surface area (Å²) in [5.74, 6) is 0.0756. The fourth-order valence-corrected chi connectivity index (χ4v) is 11.9. The van der Waals surface area contributed by atoms with E-state index in [-0.39, 0.29) is 28.5 Å². The first-order valence-electron chi connectivity index (χ1n) is 23.8. The predicted octanol–water partition coefficient (Wildman–Crippen LogP) is 8.38. The molecule has 67 heavy (non-hydrogen) atoms. The van der Waals surface area contributed by atoms with E-state index in [9.17, 15) is 28.4 Å². The topological polar surface area (TPSA) is 199 Å². The van der Waals surface area contributed by atoms with Crippen molar-refractivity contribution in [1.82, 2.24) is 29.5 Å². The van der Waals surface area contributed by atoms with Crippen LogP contribution in [0.5, 0.6) is 11.5 Å². The maximum absolute atomic E-state index is 14.0. The molecule has 0 radical (unpaired) electrons. The lowest BCUT2D eigenvalue weighted by atomic mass is 9.59. The molecule has 4 fully saturated rings. The molecule has 0 bridgehead atoms. The number of aromatic nitrogens is 3. The molecule has 0 unspecified atom stereocenters. The lowest BCUT2D eigenvalue weighted by Gasteiger charge is -2.58. The Bertz CT molecular complexity index is 2720. The van der Waals surface area contributed by atoms with Crippen molar-refractivity contribution in [1.29, 1.82) is 0 Å². The summed E-state index contributed by atoms with van der Waals surface area (Å²) in [6, 6.07) is 19.6. The number of carbonyl (C=O) groups is 1. The highest BCUT2D eigenvalue weighted by atomic mass is 32.2. The predicted molar refractivity (Wildman–Crippen MR) is 258 cm³/mol. The Labute approximate surface area is 392 Å². The van der Waals surface area contributed by atoms with Gasteiger partial charge in [0.25, 0.3) is 15.9 Å². The zero-order chi connectivity index (χ0) is 47.1. The van der Waals surface area contributed by atoms with Gasteiger partial charge in [0, 0.05) is 80.8 Å². The van der Waals surface area contributed by atoms with Crippen LogP contribution < -0.4 is 19.7 Å². The zero-order valence-electron chi connectivity index (χ0n) is 38.9. The summed E-state index contributed by atoms with van der Waals surface area (Å²) in [6.45, 7) is 14.9. The summed E-state index contributed by atoms with van der Waals surface area (Å²) in [5.41, 5.74) is 3.39. The minimum absolute atomic E-state index is 0.0409.